The number of rotatable bonds is 3. The van der Waals surface area contributed by atoms with Gasteiger partial charge in [0.25, 0.3) is 0 Å². The molecule has 0 bridgehead atoms. The average Bonchev–Trinajstić information content (AvgIpc) is 3.21. The summed E-state index contributed by atoms with van der Waals surface area (Å²) >= 11 is 0. The molecular formula is C46H40N4O4. The standard InChI is InChI=1S/C26H22N2O2.C20H18N2O2/c1-27-21-8-5-7-19(15-21)20-11-12-25-23(16-20)24(29)17-26(30-25)13-6-14-28(18-26)22-9-3-2-4-10-22;1-21-16-5-2-4-14(10-16)15-6-7-19-17(11-15)18(23)12-20(24-19)8-3-9-22-13-20/h2-5,7-12,15-16H,6,13-14,17-18H2;2,4-7,10-11,22H,3,8-9,12-13H2. The van der Waals surface area contributed by atoms with Crippen LogP contribution in [-0.4, -0.2) is 48.9 Å². The van der Waals surface area contributed by atoms with Gasteiger partial charge in [0.05, 0.1) is 43.7 Å². The van der Waals surface area contributed by atoms with Crippen LogP contribution in [0.1, 0.15) is 59.2 Å². The second-order valence-electron chi connectivity index (χ2n) is 14.7. The van der Waals surface area contributed by atoms with Crippen LogP contribution in [0.25, 0.3) is 31.9 Å². The number of nitrogens with zero attached hydrogens (tertiary/aromatic N) is 3. The van der Waals surface area contributed by atoms with Crippen LogP contribution in [0.15, 0.2) is 115 Å². The zero-order valence-electron chi connectivity index (χ0n) is 30.0. The molecule has 4 heterocycles. The minimum absolute atomic E-state index is 0.134. The van der Waals surface area contributed by atoms with E-state index in [1.165, 1.54) is 5.69 Å². The minimum atomic E-state index is -0.469. The maximum Gasteiger partial charge on any atom is 0.187 e. The molecule has 0 saturated carbocycles. The number of anilines is 1. The van der Waals surface area contributed by atoms with Gasteiger partial charge in [0.15, 0.2) is 22.9 Å². The van der Waals surface area contributed by atoms with E-state index in [9.17, 15) is 9.59 Å². The van der Waals surface area contributed by atoms with Crippen molar-refractivity contribution in [2.75, 3.05) is 31.1 Å². The fourth-order valence-corrected chi connectivity index (χ4v) is 8.22. The van der Waals surface area contributed by atoms with Crippen LogP contribution in [-0.2, 0) is 0 Å². The molecular weight excluding hydrogens is 673 g/mol. The van der Waals surface area contributed by atoms with Crippen molar-refractivity contribution in [2.24, 2.45) is 0 Å². The summed E-state index contributed by atoms with van der Waals surface area (Å²) in [4.78, 5) is 35.2. The summed E-state index contributed by atoms with van der Waals surface area (Å²) in [7, 11) is 0. The number of ketones is 2. The van der Waals surface area contributed by atoms with E-state index in [1.807, 2.05) is 91.0 Å². The molecule has 5 aromatic carbocycles. The molecule has 8 heteroatoms. The topological polar surface area (TPSA) is 76.6 Å². The maximum absolute atomic E-state index is 13.2. The second-order valence-corrected chi connectivity index (χ2v) is 14.7. The molecule has 0 radical (unpaired) electrons. The van der Waals surface area contributed by atoms with E-state index in [0.29, 0.717) is 46.8 Å². The van der Waals surface area contributed by atoms with E-state index >= 15 is 0 Å². The van der Waals surface area contributed by atoms with Crippen molar-refractivity contribution >= 4 is 28.6 Å². The zero-order chi connectivity index (χ0) is 37.1. The van der Waals surface area contributed by atoms with Gasteiger partial charge >= 0.3 is 0 Å². The van der Waals surface area contributed by atoms with Crippen molar-refractivity contribution in [1.29, 1.82) is 0 Å². The number of para-hydroxylation sites is 1. The first-order chi connectivity index (χ1) is 26.3. The fraction of sp³-hybridized carbons (Fsp3) is 0.261. The third-order valence-electron chi connectivity index (χ3n) is 10.9. The van der Waals surface area contributed by atoms with Crippen LogP contribution in [0.3, 0.4) is 0 Å². The monoisotopic (exact) mass is 712 g/mol. The summed E-state index contributed by atoms with van der Waals surface area (Å²) in [5.74, 6) is 1.63. The van der Waals surface area contributed by atoms with Gasteiger partial charge in [0, 0.05) is 18.8 Å². The predicted octanol–water partition coefficient (Wildman–Crippen LogP) is 9.90. The van der Waals surface area contributed by atoms with Gasteiger partial charge in [-0.25, -0.2) is 9.69 Å². The number of Topliss-reactive ketones (excluding diaryl/α,β-unsaturated/α-hetero) is 2. The average molecular weight is 713 g/mol. The van der Waals surface area contributed by atoms with Gasteiger partial charge in [-0.05, 0) is 103 Å². The molecule has 2 spiro atoms. The third-order valence-corrected chi connectivity index (χ3v) is 10.9. The van der Waals surface area contributed by atoms with Gasteiger partial charge < -0.3 is 19.7 Å². The van der Waals surface area contributed by atoms with Gasteiger partial charge in [0.2, 0.25) is 0 Å². The van der Waals surface area contributed by atoms with E-state index in [4.69, 9.17) is 22.6 Å². The lowest BCUT2D eigenvalue weighted by Crippen LogP contribution is -2.54. The van der Waals surface area contributed by atoms with Crippen molar-refractivity contribution < 1.29 is 19.1 Å². The second kappa shape index (κ2) is 14.7. The summed E-state index contributed by atoms with van der Waals surface area (Å²) in [6.45, 7) is 17.8. The highest BCUT2D eigenvalue weighted by atomic mass is 16.5. The van der Waals surface area contributed by atoms with Crippen LogP contribution in [0.4, 0.5) is 17.1 Å². The highest BCUT2D eigenvalue weighted by molar-refractivity contribution is 6.02. The Morgan fingerprint density at radius 3 is 1.74 bits per heavy atom. The molecule has 4 aliphatic heterocycles. The molecule has 5 aromatic rings. The van der Waals surface area contributed by atoms with Gasteiger partial charge in [-0.15, -0.1) is 0 Å². The highest BCUT2D eigenvalue weighted by Crippen LogP contribution is 2.42. The Hall–Kier alpha value is -6.22. The molecule has 2 fully saturated rings. The number of carbonyl (C=O) groups excluding carboxylic acids is 2. The largest absolute Gasteiger partial charge is 0.485 e. The zero-order valence-corrected chi connectivity index (χ0v) is 30.0. The van der Waals surface area contributed by atoms with Crippen LogP contribution in [0.5, 0.6) is 11.5 Å². The SMILES string of the molecule is [C-]#[N+]c1cccc(-c2ccc3c(c2)C(=O)CC2(CCCN(c4ccccc4)C2)O3)c1.[C-]#[N+]c1cccc(-c2ccc3c(c2)C(=O)CC2(CCCNC2)O3)c1. The lowest BCUT2D eigenvalue weighted by Gasteiger charge is -2.45. The molecule has 9 rings (SSSR count). The number of nitrogens with one attached hydrogen (secondary N) is 1. The highest BCUT2D eigenvalue weighted by Gasteiger charge is 2.44. The number of piperidine rings is 2. The van der Waals surface area contributed by atoms with E-state index in [-0.39, 0.29) is 17.2 Å². The Morgan fingerprint density at radius 2 is 1.17 bits per heavy atom. The van der Waals surface area contributed by atoms with Crippen molar-refractivity contribution in [1.82, 2.24) is 5.32 Å². The van der Waals surface area contributed by atoms with Crippen LogP contribution < -0.4 is 19.7 Å². The lowest BCUT2D eigenvalue weighted by atomic mass is 9.83. The summed E-state index contributed by atoms with van der Waals surface area (Å²) < 4.78 is 12.7. The smallest absolute Gasteiger partial charge is 0.187 e. The first-order valence-corrected chi connectivity index (χ1v) is 18.5. The lowest BCUT2D eigenvalue weighted by molar-refractivity contribution is 0.0233. The van der Waals surface area contributed by atoms with Gasteiger partial charge in [-0.1, -0.05) is 66.7 Å². The van der Waals surface area contributed by atoms with Gasteiger partial charge in [0.1, 0.15) is 22.7 Å². The molecule has 4 aliphatic rings. The normalized spacial score (nSPS) is 21.3. The van der Waals surface area contributed by atoms with Gasteiger partial charge in [-0.3, -0.25) is 9.59 Å². The molecule has 2 unspecified atom stereocenters. The Bertz CT molecular complexity index is 2320. The Balaban J connectivity index is 0.000000157. The maximum atomic E-state index is 13.2. The molecule has 268 valence electrons. The molecule has 0 amide bonds. The number of fused-ring (bicyclic) bond motifs is 2. The number of hydrogen-bond acceptors (Lipinski definition) is 6. The van der Waals surface area contributed by atoms with E-state index in [0.717, 1.165) is 74.1 Å². The summed E-state index contributed by atoms with van der Waals surface area (Å²) in [6, 6.07) is 36.8. The molecule has 2 atom stereocenters. The summed E-state index contributed by atoms with van der Waals surface area (Å²) in [6.07, 6.45) is 4.66. The van der Waals surface area contributed by atoms with Gasteiger partial charge in [-0.2, -0.15) is 0 Å². The van der Waals surface area contributed by atoms with Crippen molar-refractivity contribution in [3.63, 3.8) is 0 Å². The van der Waals surface area contributed by atoms with Crippen molar-refractivity contribution in [3.05, 3.63) is 149 Å². The van der Waals surface area contributed by atoms with Crippen LogP contribution >= 0.6 is 0 Å². The van der Waals surface area contributed by atoms with E-state index < -0.39 is 5.60 Å². The Labute approximate surface area is 316 Å². The third kappa shape index (κ3) is 7.09. The number of benzene rings is 5. The summed E-state index contributed by atoms with van der Waals surface area (Å²) in [5.41, 5.74) is 6.56. The first-order valence-electron chi connectivity index (χ1n) is 18.5. The van der Waals surface area contributed by atoms with Crippen molar-refractivity contribution in [2.45, 2.75) is 49.7 Å². The Kier molecular flexibility index (Phi) is 9.46. The summed E-state index contributed by atoms with van der Waals surface area (Å²) in [5, 5.41) is 3.34. The fourth-order valence-electron chi connectivity index (χ4n) is 8.22. The van der Waals surface area contributed by atoms with E-state index in [1.54, 1.807) is 12.1 Å². The van der Waals surface area contributed by atoms with Crippen LogP contribution in [0.2, 0.25) is 0 Å². The minimum Gasteiger partial charge on any atom is -0.485 e. The number of hydrogen-bond donors (Lipinski definition) is 1. The molecule has 0 aromatic heterocycles. The molecule has 0 aliphatic carbocycles. The first kappa shape index (κ1) is 34.8. The Morgan fingerprint density at radius 1 is 0.611 bits per heavy atom. The molecule has 2 saturated heterocycles. The molecule has 8 nitrogen and oxygen atoms in total. The van der Waals surface area contributed by atoms with E-state index in [2.05, 4.69) is 32.0 Å². The quantitative estimate of drug-likeness (QED) is 0.188. The predicted molar refractivity (Wildman–Crippen MR) is 211 cm³/mol. The molecule has 1 N–H and O–H groups in total. The van der Waals surface area contributed by atoms with Crippen LogP contribution in [0, 0.1) is 13.1 Å². The number of ether oxygens (including phenoxy) is 2. The molecule has 54 heavy (non-hydrogen) atoms. The van der Waals surface area contributed by atoms with Crippen molar-refractivity contribution in [3.8, 4) is 33.8 Å². The number of carbonyl (C=O) groups is 2.